The van der Waals surface area contributed by atoms with Crippen LogP contribution in [0.1, 0.15) is 364 Å². The molecule has 5 aliphatic carbocycles. The molecule has 0 saturated heterocycles. The standard InChI is InChI=1S/C16H25O2.2C10H18O.C8H13O.C8H18O.C7H16O2.C6H14.C5H12O.2C3H6O.C3H8.C2H6O.4W/c1-3-12-7-5-9-14(16(12)18)10-13-8-4-6-11(2)15(13)17;2*1-3-8-6-5-7-9(4-2)10(8)11;1-6-4-3-5-7(2)8(6)9;1-4-7(3)6-8(9)5-2;1-3-6(8)5-7(9)4-2;1-4-6(3)5-2;1-3-5(6)4-2;2*1-2-3-4;1-3-2;1-2-3;;;;/h11-14H,2-10H2,1H3;2*8-9H,3-7H2,1-2H3;6-7H,1,3-5H2,2H3;7-9H,4-6H2,1-3H3;6-9H,3-5H2,1-2H3;6H,4-5H2,1-3H3;5-6H,3-4H2,1-2H3;2*3H,2H2,1H3;3H2,1-2H3;3H,2H2,1H3;;;;/q-1;;;-1;;;;;;;;;;;;. The fourth-order valence-electron chi connectivity index (χ4n) is 11.1. The maximum atomic E-state index is 12.3. The van der Waals surface area contributed by atoms with Crippen molar-refractivity contribution in [3.8, 4) is 0 Å². The molecule has 5 fully saturated rings. The van der Waals surface area contributed by atoms with Crippen LogP contribution >= 0.6 is 0 Å². The number of Topliss-reactive ketones (excluding diaryl/α,β-unsaturated/α-hetero) is 5. The van der Waals surface area contributed by atoms with Crippen molar-refractivity contribution in [1.82, 2.24) is 0 Å². The molecule has 5 saturated carbocycles. The number of hydrogen-bond donors (Lipinski definition) is 5. The van der Waals surface area contributed by atoms with Gasteiger partial charge in [0.2, 0.25) is 0 Å². The minimum atomic E-state index is -0.319. The smallest absolute Gasteiger partial charge is 0.139 e. The number of aliphatic hydroxyl groups is 5. The summed E-state index contributed by atoms with van der Waals surface area (Å²) in [5.74, 6) is 6.28. The summed E-state index contributed by atoms with van der Waals surface area (Å²) in [7, 11) is 0. The Labute approximate surface area is 659 Å². The predicted molar refractivity (Wildman–Crippen MR) is 397 cm³/mol. The molecular weight excluding hydrogens is 1900 g/mol. The number of rotatable bonds is 21. The Bertz CT molecular complexity index is 1560. The Morgan fingerprint density at radius 3 is 0.804 bits per heavy atom. The molecule has 14 atom stereocenters. The van der Waals surface area contributed by atoms with Crippen LogP contribution in [-0.2, 0) is 118 Å². The van der Waals surface area contributed by atoms with Crippen LogP contribution in [0.25, 0.3) is 0 Å². The summed E-state index contributed by atoms with van der Waals surface area (Å²) < 4.78 is 0. The topological polar surface area (TPSA) is 221 Å². The van der Waals surface area contributed by atoms with Crippen molar-refractivity contribution in [2.45, 2.75) is 388 Å². The van der Waals surface area contributed by atoms with Crippen LogP contribution < -0.4 is 0 Å². The molecule has 0 spiro atoms. The molecule has 0 aromatic rings. The van der Waals surface area contributed by atoms with Crippen LogP contribution in [-0.4, -0.2) is 98.0 Å². The zero-order valence-corrected chi connectivity index (χ0v) is 78.5. The predicted octanol–water partition coefficient (Wildman–Crippen LogP) is 20.3. The van der Waals surface area contributed by atoms with E-state index in [9.17, 15) is 33.6 Å². The molecule has 0 heterocycles. The first kappa shape index (κ1) is 121. The van der Waals surface area contributed by atoms with Crippen LogP contribution in [0.15, 0.2) is 0 Å². The molecule has 14 unspecified atom stereocenters. The van der Waals surface area contributed by atoms with Crippen molar-refractivity contribution in [1.29, 1.82) is 0 Å². The van der Waals surface area contributed by atoms with Gasteiger partial charge in [0.15, 0.2) is 0 Å². The van der Waals surface area contributed by atoms with Gasteiger partial charge in [-0.1, -0.05) is 209 Å². The molecular formula is C81H160O12W4-2. The Morgan fingerprint density at radius 1 is 0.361 bits per heavy atom. The summed E-state index contributed by atoms with van der Waals surface area (Å²) >= 11 is 0. The molecule has 0 amide bonds. The van der Waals surface area contributed by atoms with Crippen LogP contribution in [0.2, 0.25) is 0 Å². The van der Waals surface area contributed by atoms with Gasteiger partial charge in [-0.05, 0) is 154 Å². The molecule has 5 aliphatic rings. The van der Waals surface area contributed by atoms with Gasteiger partial charge in [0.05, 0.1) is 24.4 Å². The van der Waals surface area contributed by atoms with E-state index in [0.717, 1.165) is 173 Å². The van der Waals surface area contributed by atoms with Crippen molar-refractivity contribution in [3.63, 3.8) is 0 Å². The maximum Gasteiger partial charge on any atom is 0.139 e. The van der Waals surface area contributed by atoms with Gasteiger partial charge in [-0.3, -0.25) is 14.4 Å². The third kappa shape index (κ3) is 70.3. The largest absolute Gasteiger partial charge is 0.397 e. The Kier molecular flexibility index (Phi) is 108. The van der Waals surface area contributed by atoms with Crippen molar-refractivity contribution >= 4 is 41.5 Å². The second-order valence-electron chi connectivity index (χ2n) is 26.9. The van der Waals surface area contributed by atoms with Crippen molar-refractivity contribution in [3.05, 3.63) is 13.8 Å². The van der Waals surface area contributed by atoms with E-state index in [1.165, 1.54) is 44.9 Å². The molecule has 0 aliphatic heterocycles. The second-order valence-corrected chi connectivity index (χ2v) is 26.9. The zero-order valence-electron chi connectivity index (χ0n) is 66.8. The first-order chi connectivity index (χ1) is 44.1. The third-order valence-corrected chi connectivity index (χ3v) is 18.7. The van der Waals surface area contributed by atoms with Crippen molar-refractivity contribution in [2.75, 3.05) is 6.61 Å². The summed E-state index contributed by atoms with van der Waals surface area (Å²) in [5, 5.41) is 43.4. The number of hydrogen-bond acceptors (Lipinski definition) is 12. The molecule has 0 bridgehead atoms. The fraction of sp³-hybridized carbons (Fsp3) is 0.889. The monoisotopic (exact) mass is 2060 g/mol. The minimum absolute atomic E-state index is 0. The van der Waals surface area contributed by atoms with E-state index < -0.39 is 0 Å². The van der Waals surface area contributed by atoms with Crippen molar-refractivity contribution < 1.29 is 143 Å². The van der Waals surface area contributed by atoms with Crippen LogP contribution in [0.3, 0.4) is 0 Å². The average Bonchev–Trinajstić information content (AvgIpc) is 0.875. The number of ketones is 5. The summed E-state index contributed by atoms with van der Waals surface area (Å²) in [6.07, 6.45) is 35.5. The van der Waals surface area contributed by atoms with Gasteiger partial charge in [0.25, 0.3) is 0 Å². The SMILES string of the molecule is CCC.CCC(C)CC.CCC(C)CC(O)CC.CCC(O)CC.CCC(O)CC(O)CC.CCC1CCCC(CC)C1=O.CCC1CCCC(CC)C1=O.CCC=O.CCC=O.CCO.[CH2-]C1CCCC(C)C1=O.[CH2-]C1CCCC(CC2CCCC(CC)C2=O)C1=O.[W].[W].[W].[W]. The number of aldehydes is 2. The maximum absolute atomic E-state index is 12.3. The Hall–Kier alpha value is 0.243. The van der Waals surface area contributed by atoms with E-state index in [1.807, 2.05) is 55.4 Å². The van der Waals surface area contributed by atoms with Gasteiger partial charge in [-0.25, -0.2) is 0 Å². The zero-order chi connectivity index (χ0) is 73.3. The minimum Gasteiger partial charge on any atom is -0.397 e. The molecule has 5 N–H and O–H groups in total. The van der Waals surface area contributed by atoms with Gasteiger partial charge >= 0.3 is 0 Å². The van der Waals surface area contributed by atoms with E-state index in [2.05, 4.69) is 96.9 Å². The quantitative estimate of drug-likeness (QED) is 0.0535. The summed E-state index contributed by atoms with van der Waals surface area (Å²) in [6, 6.07) is 0. The first-order valence-electron chi connectivity index (χ1n) is 38.7. The van der Waals surface area contributed by atoms with Gasteiger partial charge in [-0.2, -0.15) is 0 Å². The number of carbonyl (C=O) groups excluding carboxylic acids is 7. The molecule has 0 radical (unpaired) electrons. The summed E-state index contributed by atoms with van der Waals surface area (Å²) in [4.78, 5) is 77.0. The van der Waals surface area contributed by atoms with E-state index in [-0.39, 0.29) is 151 Å². The van der Waals surface area contributed by atoms with Crippen LogP contribution in [0.5, 0.6) is 0 Å². The molecule has 16 heteroatoms. The molecule has 0 aromatic carbocycles. The molecule has 12 nitrogen and oxygen atoms in total. The fourth-order valence-corrected chi connectivity index (χ4v) is 11.1. The average molecular weight is 2060 g/mol. The van der Waals surface area contributed by atoms with Gasteiger partial charge in [0, 0.05) is 151 Å². The molecule has 97 heavy (non-hydrogen) atoms. The first-order valence-corrected chi connectivity index (χ1v) is 38.7. The van der Waals surface area contributed by atoms with E-state index in [4.69, 9.17) is 25.5 Å². The number of carbonyl (C=O) groups is 7. The van der Waals surface area contributed by atoms with Crippen LogP contribution in [0.4, 0.5) is 0 Å². The van der Waals surface area contributed by atoms with Gasteiger partial charge < -0.3 is 58.6 Å². The van der Waals surface area contributed by atoms with Crippen LogP contribution in [0, 0.1) is 84.9 Å². The third-order valence-electron chi connectivity index (χ3n) is 18.7. The molecule has 582 valence electrons. The van der Waals surface area contributed by atoms with Gasteiger partial charge in [0.1, 0.15) is 41.5 Å². The van der Waals surface area contributed by atoms with Gasteiger partial charge in [-0.15, -0.1) is 11.8 Å². The normalized spacial score (nSPS) is 23.1. The Balaban J connectivity index is -0.0000000953. The molecule has 5 rings (SSSR count). The van der Waals surface area contributed by atoms with Crippen molar-refractivity contribution in [2.24, 2.45) is 71.0 Å². The van der Waals surface area contributed by atoms with E-state index >= 15 is 0 Å². The second kappa shape index (κ2) is 86.9. The van der Waals surface area contributed by atoms with E-state index in [0.29, 0.717) is 77.8 Å². The number of aliphatic hydroxyl groups excluding tert-OH is 5. The summed E-state index contributed by atoms with van der Waals surface area (Å²) in [5.41, 5.74) is 0. The Morgan fingerprint density at radius 2 is 0.588 bits per heavy atom. The molecule has 0 aromatic heterocycles. The van der Waals surface area contributed by atoms with E-state index in [1.54, 1.807) is 6.92 Å². The summed E-state index contributed by atoms with van der Waals surface area (Å²) in [6.45, 7) is 51.0.